The molecule has 19 heavy (non-hydrogen) atoms. The Kier molecular flexibility index (Phi) is 5.54. The molecule has 1 saturated heterocycles. The zero-order valence-electron chi connectivity index (χ0n) is 11.8. The molecule has 0 radical (unpaired) electrons. The van der Waals surface area contributed by atoms with E-state index in [0.29, 0.717) is 11.8 Å². The van der Waals surface area contributed by atoms with Crippen LogP contribution in [0.1, 0.15) is 32.4 Å². The molecule has 0 aliphatic carbocycles. The molecule has 5 heteroatoms. The fourth-order valence-corrected chi connectivity index (χ4v) is 1.96. The van der Waals surface area contributed by atoms with E-state index in [2.05, 4.69) is 29.4 Å². The van der Waals surface area contributed by atoms with Gasteiger partial charge in [-0.1, -0.05) is 13.8 Å². The van der Waals surface area contributed by atoms with Gasteiger partial charge in [0.2, 0.25) is 5.88 Å². The van der Waals surface area contributed by atoms with Gasteiger partial charge in [-0.25, -0.2) is 0 Å². The molecule has 0 bridgehead atoms. The van der Waals surface area contributed by atoms with Crippen molar-refractivity contribution in [1.82, 2.24) is 15.5 Å². The van der Waals surface area contributed by atoms with Gasteiger partial charge >= 0.3 is 0 Å². The minimum atomic E-state index is 0.216. The molecule has 0 atom stereocenters. The van der Waals surface area contributed by atoms with E-state index < -0.39 is 0 Å². The van der Waals surface area contributed by atoms with Crippen molar-refractivity contribution in [2.24, 2.45) is 5.92 Å². The Hall–Kier alpha value is -1.20. The topological polar surface area (TPSA) is 56.3 Å². The predicted octanol–water partition coefficient (Wildman–Crippen LogP) is 1.78. The van der Waals surface area contributed by atoms with Crippen LogP contribution in [-0.2, 0) is 11.3 Å². The number of hydrogen-bond acceptors (Lipinski definition) is 5. The molecule has 1 aromatic heterocycles. The second-order valence-electron chi connectivity index (χ2n) is 5.32. The molecule has 0 saturated carbocycles. The van der Waals surface area contributed by atoms with Crippen LogP contribution in [0.4, 0.5) is 0 Å². The number of hydrogen-bond donors (Lipinski definition) is 1. The molecule has 0 unspecified atom stereocenters. The number of rotatable bonds is 6. The first kappa shape index (κ1) is 14.2. The van der Waals surface area contributed by atoms with Crippen LogP contribution in [0.5, 0.6) is 5.88 Å². The molecule has 1 aromatic rings. The Balaban J connectivity index is 1.77. The van der Waals surface area contributed by atoms with E-state index in [-0.39, 0.29) is 6.10 Å². The molecule has 1 N–H and O–H groups in total. The second kappa shape index (κ2) is 7.40. The molecule has 5 nitrogen and oxygen atoms in total. The first-order valence-electron chi connectivity index (χ1n) is 7.02. The van der Waals surface area contributed by atoms with Crippen LogP contribution >= 0.6 is 0 Å². The maximum atomic E-state index is 5.78. The third-order valence-corrected chi connectivity index (χ3v) is 3.01. The van der Waals surface area contributed by atoms with Gasteiger partial charge < -0.3 is 14.8 Å². The van der Waals surface area contributed by atoms with E-state index in [0.717, 1.165) is 44.8 Å². The molecule has 0 spiro atoms. The van der Waals surface area contributed by atoms with Crippen LogP contribution in [0.15, 0.2) is 12.1 Å². The molecule has 0 aromatic carbocycles. The van der Waals surface area contributed by atoms with E-state index in [1.165, 1.54) is 0 Å². The van der Waals surface area contributed by atoms with Gasteiger partial charge in [-0.2, -0.15) is 5.10 Å². The lowest BCUT2D eigenvalue weighted by molar-refractivity contribution is 0.0233. The highest BCUT2D eigenvalue weighted by Gasteiger charge is 2.15. The second-order valence-corrected chi connectivity index (χ2v) is 5.32. The molecular formula is C14H23N3O2. The zero-order valence-corrected chi connectivity index (χ0v) is 11.8. The van der Waals surface area contributed by atoms with Crippen molar-refractivity contribution in [2.75, 3.05) is 19.8 Å². The minimum absolute atomic E-state index is 0.216. The lowest BCUT2D eigenvalue weighted by Crippen LogP contribution is -2.26. The monoisotopic (exact) mass is 265 g/mol. The molecule has 1 aliphatic heterocycles. The summed E-state index contributed by atoms with van der Waals surface area (Å²) >= 11 is 0. The summed E-state index contributed by atoms with van der Waals surface area (Å²) in [6.07, 6.45) is 2.08. The summed E-state index contributed by atoms with van der Waals surface area (Å²) in [5.74, 6) is 1.25. The standard InChI is InChI=1S/C14H23N3O2/c1-11(2)9-15-10-12-3-4-14(17-16-12)19-13-5-7-18-8-6-13/h3-4,11,13,15H,5-10H2,1-2H3. The molecule has 2 heterocycles. The molecule has 0 amide bonds. The highest BCUT2D eigenvalue weighted by molar-refractivity contribution is 5.11. The van der Waals surface area contributed by atoms with Crippen molar-refractivity contribution in [2.45, 2.75) is 39.3 Å². The van der Waals surface area contributed by atoms with Crippen LogP contribution in [0.25, 0.3) is 0 Å². The number of nitrogens with one attached hydrogen (secondary N) is 1. The van der Waals surface area contributed by atoms with E-state index in [4.69, 9.17) is 9.47 Å². The fraction of sp³-hybridized carbons (Fsp3) is 0.714. The smallest absolute Gasteiger partial charge is 0.233 e. The summed E-state index contributed by atoms with van der Waals surface area (Å²) in [5, 5.41) is 11.6. The Morgan fingerprint density at radius 3 is 2.74 bits per heavy atom. The van der Waals surface area contributed by atoms with E-state index in [1.807, 2.05) is 12.1 Å². The SMILES string of the molecule is CC(C)CNCc1ccc(OC2CCOCC2)nn1. The van der Waals surface area contributed by atoms with Gasteiger partial charge in [-0.15, -0.1) is 5.10 Å². The average molecular weight is 265 g/mol. The highest BCUT2D eigenvalue weighted by atomic mass is 16.5. The summed E-state index contributed by atoms with van der Waals surface area (Å²) in [5.41, 5.74) is 0.944. The van der Waals surface area contributed by atoms with Crippen molar-refractivity contribution in [3.05, 3.63) is 17.8 Å². The van der Waals surface area contributed by atoms with E-state index in [1.54, 1.807) is 0 Å². The first-order valence-corrected chi connectivity index (χ1v) is 7.02. The summed E-state index contributed by atoms with van der Waals surface area (Å²) in [6, 6.07) is 3.86. The lowest BCUT2D eigenvalue weighted by atomic mass is 10.1. The zero-order chi connectivity index (χ0) is 13.5. The first-order chi connectivity index (χ1) is 9.24. The van der Waals surface area contributed by atoms with Crippen molar-refractivity contribution < 1.29 is 9.47 Å². The van der Waals surface area contributed by atoms with Gasteiger partial charge in [0, 0.05) is 25.5 Å². The normalized spacial score (nSPS) is 16.8. The van der Waals surface area contributed by atoms with Gasteiger partial charge in [0.1, 0.15) is 6.10 Å². The van der Waals surface area contributed by atoms with E-state index in [9.17, 15) is 0 Å². The van der Waals surface area contributed by atoms with E-state index >= 15 is 0 Å². The van der Waals surface area contributed by atoms with Crippen LogP contribution in [-0.4, -0.2) is 36.1 Å². The Labute approximate surface area is 114 Å². The summed E-state index contributed by atoms with van der Waals surface area (Å²) in [7, 11) is 0. The maximum absolute atomic E-state index is 5.78. The average Bonchev–Trinajstić information content (AvgIpc) is 2.42. The van der Waals surface area contributed by atoms with Gasteiger partial charge in [0.25, 0.3) is 0 Å². The van der Waals surface area contributed by atoms with Crippen molar-refractivity contribution in [3.63, 3.8) is 0 Å². The van der Waals surface area contributed by atoms with Gasteiger partial charge in [-0.3, -0.25) is 0 Å². The Morgan fingerprint density at radius 2 is 2.11 bits per heavy atom. The van der Waals surface area contributed by atoms with Crippen LogP contribution in [0.2, 0.25) is 0 Å². The van der Waals surface area contributed by atoms with Crippen LogP contribution in [0.3, 0.4) is 0 Å². The van der Waals surface area contributed by atoms with Gasteiger partial charge in [0.05, 0.1) is 18.9 Å². The molecule has 1 fully saturated rings. The van der Waals surface area contributed by atoms with Crippen molar-refractivity contribution in [3.8, 4) is 5.88 Å². The molecule has 106 valence electrons. The maximum Gasteiger partial charge on any atom is 0.233 e. The molecular weight excluding hydrogens is 242 g/mol. The summed E-state index contributed by atoms with van der Waals surface area (Å²) in [4.78, 5) is 0. The third-order valence-electron chi connectivity index (χ3n) is 3.01. The fourth-order valence-electron chi connectivity index (χ4n) is 1.96. The largest absolute Gasteiger partial charge is 0.473 e. The number of ether oxygens (including phenoxy) is 2. The van der Waals surface area contributed by atoms with Crippen molar-refractivity contribution in [1.29, 1.82) is 0 Å². The van der Waals surface area contributed by atoms with Crippen LogP contribution < -0.4 is 10.1 Å². The highest BCUT2D eigenvalue weighted by Crippen LogP contribution is 2.14. The number of nitrogens with zero attached hydrogens (tertiary/aromatic N) is 2. The lowest BCUT2D eigenvalue weighted by Gasteiger charge is -2.22. The quantitative estimate of drug-likeness (QED) is 0.849. The number of aromatic nitrogens is 2. The summed E-state index contributed by atoms with van der Waals surface area (Å²) < 4.78 is 11.1. The van der Waals surface area contributed by atoms with Crippen LogP contribution in [0, 0.1) is 5.92 Å². The molecule has 1 aliphatic rings. The van der Waals surface area contributed by atoms with Gasteiger partial charge in [-0.05, 0) is 18.5 Å². The third kappa shape index (κ3) is 5.12. The summed E-state index contributed by atoms with van der Waals surface area (Å²) in [6.45, 7) is 7.66. The predicted molar refractivity (Wildman–Crippen MR) is 73.0 cm³/mol. The van der Waals surface area contributed by atoms with Crippen molar-refractivity contribution >= 4 is 0 Å². The Morgan fingerprint density at radius 1 is 1.32 bits per heavy atom. The minimum Gasteiger partial charge on any atom is -0.473 e. The Bertz CT molecular complexity index is 361. The molecule has 2 rings (SSSR count). The van der Waals surface area contributed by atoms with Gasteiger partial charge in [0.15, 0.2) is 0 Å².